The van der Waals surface area contributed by atoms with Gasteiger partial charge >= 0.3 is 0 Å². The van der Waals surface area contributed by atoms with Crippen LogP contribution >= 0.6 is 11.8 Å². The lowest BCUT2D eigenvalue weighted by Gasteiger charge is -2.32. The number of nitro groups is 1. The zero-order valence-corrected chi connectivity index (χ0v) is 12.1. The first-order chi connectivity index (χ1) is 9.10. The molecule has 1 aromatic carbocycles. The number of rotatable bonds is 4. The molecule has 1 unspecified atom stereocenters. The van der Waals surface area contributed by atoms with E-state index in [4.69, 9.17) is 0 Å². The summed E-state index contributed by atoms with van der Waals surface area (Å²) in [6.07, 6.45) is 0. The van der Waals surface area contributed by atoms with Crippen molar-refractivity contribution in [2.45, 2.75) is 19.1 Å². The minimum absolute atomic E-state index is 0.152. The van der Waals surface area contributed by atoms with E-state index < -0.39 is 0 Å². The summed E-state index contributed by atoms with van der Waals surface area (Å²) >= 11 is 1.95. The van der Waals surface area contributed by atoms with E-state index in [-0.39, 0.29) is 10.6 Å². The van der Waals surface area contributed by atoms with Crippen molar-refractivity contribution in [3.8, 4) is 0 Å². The molecule has 0 bridgehead atoms. The van der Waals surface area contributed by atoms with E-state index in [1.165, 1.54) is 0 Å². The Morgan fingerprint density at radius 2 is 2.32 bits per heavy atom. The number of nitrogens with zero attached hydrogens (tertiary/aromatic N) is 2. The van der Waals surface area contributed by atoms with Crippen LogP contribution in [0.3, 0.4) is 0 Å². The molecule has 104 valence electrons. The minimum atomic E-state index is -0.327. The van der Waals surface area contributed by atoms with Gasteiger partial charge < -0.3 is 10.2 Å². The van der Waals surface area contributed by atoms with Gasteiger partial charge in [0.25, 0.3) is 5.69 Å². The van der Waals surface area contributed by atoms with Gasteiger partial charge in [0.15, 0.2) is 0 Å². The molecule has 6 heteroatoms. The summed E-state index contributed by atoms with van der Waals surface area (Å²) in [6, 6.07) is 5.26. The van der Waals surface area contributed by atoms with Crippen LogP contribution in [0.2, 0.25) is 0 Å². The third kappa shape index (κ3) is 3.53. The van der Waals surface area contributed by atoms with Crippen LogP contribution in [0.25, 0.3) is 0 Å². The Morgan fingerprint density at radius 1 is 1.53 bits per heavy atom. The Morgan fingerprint density at radius 3 is 2.95 bits per heavy atom. The van der Waals surface area contributed by atoms with Crippen molar-refractivity contribution >= 4 is 28.8 Å². The summed E-state index contributed by atoms with van der Waals surface area (Å²) in [6.45, 7) is 6.82. The van der Waals surface area contributed by atoms with E-state index in [1.54, 1.807) is 12.1 Å². The minimum Gasteiger partial charge on any atom is -0.385 e. The van der Waals surface area contributed by atoms with Crippen molar-refractivity contribution in [3.05, 3.63) is 28.3 Å². The van der Waals surface area contributed by atoms with Gasteiger partial charge in [0.2, 0.25) is 0 Å². The van der Waals surface area contributed by atoms with Crippen molar-refractivity contribution in [2.24, 2.45) is 0 Å². The topological polar surface area (TPSA) is 58.4 Å². The number of benzene rings is 1. The highest BCUT2D eigenvalue weighted by atomic mass is 32.2. The van der Waals surface area contributed by atoms with Crippen molar-refractivity contribution < 1.29 is 4.92 Å². The van der Waals surface area contributed by atoms with Gasteiger partial charge in [-0.1, -0.05) is 6.92 Å². The first kappa shape index (κ1) is 14.0. The summed E-state index contributed by atoms with van der Waals surface area (Å²) < 4.78 is 0. The second-order valence-electron chi connectivity index (χ2n) is 4.65. The van der Waals surface area contributed by atoms with Crippen LogP contribution in [0.5, 0.6) is 0 Å². The second-order valence-corrected chi connectivity index (χ2v) is 6.20. The number of anilines is 2. The molecule has 0 aliphatic carbocycles. The molecule has 1 aliphatic rings. The van der Waals surface area contributed by atoms with Gasteiger partial charge in [-0.05, 0) is 13.0 Å². The molecule has 5 nitrogen and oxygen atoms in total. The lowest BCUT2D eigenvalue weighted by atomic mass is 10.2. The molecule has 0 amide bonds. The van der Waals surface area contributed by atoms with E-state index in [2.05, 4.69) is 17.1 Å². The van der Waals surface area contributed by atoms with Crippen molar-refractivity contribution in [2.75, 3.05) is 35.6 Å². The highest BCUT2D eigenvalue weighted by Crippen LogP contribution is 2.30. The fourth-order valence-electron chi connectivity index (χ4n) is 2.24. The molecule has 1 heterocycles. The van der Waals surface area contributed by atoms with Gasteiger partial charge in [0.05, 0.1) is 4.92 Å². The fourth-order valence-corrected chi connectivity index (χ4v) is 3.26. The van der Waals surface area contributed by atoms with E-state index in [9.17, 15) is 10.1 Å². The Balaban J connectivity index is 2.29. The molecule has 0 radical (unpaired) electrons. The number of hydrogen-bond acceptors (Lipinski definition) is 5. The number of non-ortho nitro benzene ring substituents is 1. The van der Waals surface area contributed by atoms with Gasteiger partial charge in [-0.3, -0.25) is 10.1 Å². The van der Waals surface area contributed by atoms with Crippen LogP contribution < -0.4 is 10.2 Å². The van der Waals surface area contributed by atoms with Crippen molar-refractivity contribution in [1.29, 1.82) is 0 Å². The third-order valence-corrected chi connectivity index (χ3v) is 4.24. The van der Waals surface area contributed by atoms with Crippen LogP contribution in [-0.2, 0) is 0 Å². The highest BCUT2D eigenvalue weighted by Gasteiger charge is 2.19. The third-order valence-electron chi connectivity index (χ3n) is 3.10. The van der Waals surface area contributed by atoms with Crippen LogP contribution in [0.15, 0.2) is 18.2 Å². The Labute approximate surface area is 117 Å². The number of thioether (sulfide) groups is 1. The first-order valence-electron chi connectivity index (χ1n) is 6.50. The molecular weight excluding hydrogens is 262 g/mol. The largest absolute Gasteiger partial charge is 0.385 e. The van der Waals surface area contributed by atoms with E-state index in [0.717, 1.165) is 36.8 Å². The molecule has 0 aromatic heterocycles. The molecule has 1 fully saturated rings. The maximum absolute atomic E-state index is 11.0. The van der Waals surface area contributed by atoms with Gasteiger partial charge in [-0.2, -0.15) is 11.8 Å². The average molecular weight is 281 g/mol. The van der Waals surface area contributed by atoms with Crippen LogP contribution in [0, 0.1) is 10.1 Å². The standard InChI is InChI=1S/C13H19N3O2S/c1-3-14-11-6-12(8-13(7-11)16(17)18)15-4-5-19-10(2)9-15/h6-8,10,14H,3-5,9H2,1-2H3. The van der Waals surface area contributed by atoms with Crippen LogP contribution in [0.1, 0.15) is 13.8 Å². The average Bonchev–Trinajstić information content (AvgIpc) is 2.38. The molecule has 19 heavy (non-hydrogen) atoms. The Hall–Kier alpha value is -1.43. The quantitative estimate of drug-likeness (QED) is 0.679. The Bertz CT molecular complexity index is 467. The summed E-state index contributed by atoms with van der Waals surface area (Å²) in [4.78, 5) is 12.9. The molecule has 0 saturated carbocycles. The summed E-state index contributed by atoms with van der Waals surface area (Å²) in [5, 5.41) is 14.7. The van der Waals surface area contributed by atoms with Gasteiger partial charge in [-0.15, -0.1) is 0 Å². The van der Waals surface area contributed by atoms with E-state index in [1.807, 2.05) is 24.8 Å². The normalized spacial score (nSPS) is 19.3. The van der Waals surface area contributed by atoms with E-state index in [0.29, 0.717) is 5.25 Å². The molecule has 1 N–H and O–H groups in total. The number of nitro benzene ring substituents is 1. The summed E-state index contributed by atoms with van der Waals surface area (Å²) in [5.41, 5.74) is 1.91. The van der Waals surface area contributed by atoms with Crippen molar-refractivity contribution in [3.63, 3.8) is 0 Å². The maximum atomic E-state index is 11.0. The monoisotopic (exact) mass is 281 g/mol. The highest BCUT2D eigenvalue weighted by molar-refractivity contribution is 8.00. The Kier molecular flexibility index (Phi) is 4.52. The van der Waals surface area contributed by atoms with Gasteiger partial charge in [0.1, 0.15) is 0 Å². The lowest BCUT2D eigenvalue weighted by molar-refractivity contribution is -0.384. The van der Waals surface area contributed by atoms with Crippen LogP contribution in [-0.4, -0.2) is 35.6 Å². The fraction of sp³-hybridized carbons (Fsp3) is 0.538. The zero-order chi connectivity index (χ0) is 13.8. The van der Waals surface area contributed by atoms with Crippen LogP contribution in [0.4, 0.5) is 17.1 Å². The smallest absolute Gasteiger partial charge is 0.273 e. The zero-order valence-electron chi connectivity index (χ0n) is 11.3. The second kappa shape index (κ2) is 6.14. The molecule has 1 atom stereocenters. The van der Waals surface area contributed by atoms with Crippen molar-refractivity contribution in [1.82, 2.24) is 0 Å². The summed E-state index contributed by atoms with van der Waals surface area (Å²) in [5.74, 6) is 1.07. The molecule has 0 spiro atoms. The predicted molar refractivity (Wildman–Crippen MR) is 81.4 cm³/mol. The van der Waals surface area contributed by atoms with E-state index >= 15 is 0 Å². The molecule has 2 rings (SSSR count). The lowest BCUT2D eigenvalue weighted by Crippen LogP contribution is -2.36. The van der Waals surface area contributed by atoms with Gasteiger partial charge in [-0.25, -0.2) is 0 Å². The molecule has 1 aromatic rings. The maximum Gasteiger partial charge on any atom is 0.273 e. The van der Waals surface area contributed by atoms with Gasteiger partial charge in [0, 0.05) is 54.1 Å². The molecule has 1 saturated heterocycles. The first-order valence-corrected chi connectivity index (χ1v) is 7.55. The summed E-state index contributed by atoms with van der Waals surface area (Å²) in [7, 11) is 0. The molecular formula is C13H19N3O2S. The predicted octanol–water partition coefficient (Wildman–Crippen LogP) is 2.97. The molecule has 1 aliphatic heterocycles. The SMILES string of the molecule is CCNc1cc(N2CCSC(C)C2)cc([N+](=O)[O-])c1. The number of nitrogens with one attached hydrogen (secondary N) is 1. The number of hydrogen-bond donors (Lipinski definition) is 1.